The van der Waals surface area contributed by atoms with Crippen LogP contribution in [0.4, 0.5) is 4.79 Å². The zero-order valence-electron chi connectivity index (χ0n) is 16.2. The normalized spacial score (nSPS) is 22.8. The lowest BCUT2D eigenvalue weighted by Gasteiger charge is -2.36. The summed E-state index contributed by atoms with van der Waals surface area (Å²) < 4.78 is 5.07. The Kier molecular flexibility index (Phi) is 8.31. The molecule has 2 saturated heterocycles. The fraction of sp³-hybridized carbons (Fsp3) is 0.889. The lowest BCUT2D eigenvalue weighted by molar-refractivity contribution is 0.0914. The quantitative estimate of drug-likeness (QED) is 0.461. The van der Waals surface area contributed by atoms with Crippen molar-refractivity contribution in [1.82, 2.24) is 20.0 Å². The van der Waals surface area contributed by atoms with Crippen LogP contribution in [0.25, 0.3) is 0 Å². The van der Waals surface area contributed by atoms with E-state index in [1.165, 1.54) is 25.9 Å². The molecule has 2 aliphatic rings. The van der Waals surface area contributed by atoms with Gasteiger partial charge in [-0.2, -0.15) is 0 Å². The van der Waals surface area contributed by atoms with Crippen molar-refractivity contribution in [1.29, 1.82) is 0 Å². The van der Waals surface area contributed by atoms with Crippen LogP contribution >= 0.6 is 0 Å². The summed E-state index contributed by atoms with van der Waals surface area (Å²) in [6.07, 6.45) is 3.63. The Labute approximate surface area is 152 Å². The summed E-state index contributed by atoms with van der Waals surface area (Å²) in [4.78, 5) is 22.7. The highest BCUT2D eigenvalue weighted by atomic mass is 16.6. The van der Waals surface area contributed by atoms with E-state index in [4.69, 9.17) is 4.74 Å². The summed E-state index contributed by atoms with van der Waals surface area (Å²) in [6.45, 7) is 12.2. The van der Waals surface area contributed by atoms with Crippen LogP contribution in [-0.2, 0) is 4.74 Å². The predicted molar refractivity (Wildman–Crippen MR) is 101 cm³/mol. The molecule has 1 atom stereocenters. The van der Waals surface area contributed by atoms with E-state index in [1.54, 1.807) is 4.90 Å². The van der Waals surface area contributed by atoms with Crippen molar-refractivity contribution in [3.63, 3.8) is 0 Å². The third-order valence-corrected chi connectivity index (χ3v) is 4.99. The second kappa shape index (κ2) is 10.5. The van der Waals surface area contributed by atoms with Gasteiger partial charge in [-0.1, -0.05) is 6.92 Å². The standard InChI is InChI=1S/C18H35N5O2/c1-4-25-18(24)23-13-11-22(12-14-23)17(19-3)20-8-6-10-21-9-5-7-16(2)15-21/h16H,4-15H2,1-3H3,(H,19,20). The molecule has 7 nitrogen and oxygen atoms in total. The molecule has 2 rings (SSSR count). The number of carbonyl (C=O) groups is 1. The third kappa shape index (κ3) is 6.38. The first-order chi connectivity index (χ1) is 12.1. The molecule has 7 heteroatoms. The van der Waals surface area contributed by atoms with Crippen LogP contribution in [0.3, 0.4) is 0 Å². The van der Waals surface area contributed by atoms with Crippen LogP contribution in [0, 0.1) is 5.92 Å². The summed E-state index contributed by atoms with van der Waals surface area (Å²) in [7, 11) is 1.83. The van der Waals surface area contributed by atoms with Crippen molar-refractivity contribution in [3.8, 4) is 0 Å². The average Bonchev–Trinajstić information content (AvgIpc) is 2.62. The monoisotopic (exact) mass is 353 g/mol. The minimum absolute atomic E-state index is 0.208. The number of aliphatic imine (C=N–C) groups is 1. The molecule has 0 aromatic rings. The molecule has 1 amide bonds. The Bertz CT molecular complexity index is 435. The first-order valence-corrected chi connectivity index (χ1v) is 9.73. The lowest BCUT2D eigenvalue weighted by Crippen LogP contribution is -2.54. The summed E-state index contributed by atoms with van der Waals surface area (Å²) in [6, 6.07) is 0. The maximum absolute atomic E-state index is 11.8. The van der Waals surface area contributed by atoms with Gasteiger partial charge in [0.05, 0.1) is 6.61 Å². The van der Waals surface area contributed by atoms with E-state index in [-0.39, 0.29) is 6.09 Å². The first-order valence-electron chi connectivity index (χ1n) is 9.73. The molecule has 25 heavy (non-hydrogen) atoms. The minimum Gasteiger partial charge on any atom is -0.450 e. The van der Waals surface area contributed by atoms with Crippen LogP contribution < -0.4 is 5.32 Å². The van der Waals surface area contributed by atoms with Gasteiger partial charge in [-0.3, -0.25) is 4.99 Å². The van der Waals surface area contributed by atoms with Gasteiger partial charge in [-0.05, 0) is 45.2 Å². The molecule has 2 aliphatic heterocycles. The topological polar surface area (TPSA) is 60.4 Å². The Morgan fingerprint density at radius 2 is 1.92 bits per heavy atom. The first kappa shape index (κ1) is 19.8. The smallest absolute Gasteiger partial charge is 0.409 e. The largest absolute Gasteiger partial charge is 0.450 e. The predicted octanol–water partition coefficient (Wildman–Crippen LogP) is 1.46. The number of piperazine rings is 1. The van der Waals surface area contributed by atoms with Crippen LogP contribution in [0.15, 0.2) is 4.99 Å². The molecule has 0 aliphatic carbocycles. The van der Waals surface area contributed by atoms with Gasteiger partial charge in [-0.25, -0.2) is 4.79 Å². The number of carbonyl (C=O) groups excluding carboxylic acids is 1. The number of piperidine rings is 1. The Balaban J connectivity index is 1.65. The van der Waals surface area contributed by atoms with Crippen LogP contribution in [0.5, 0.6) is 0 Å². The van der Waals surface area contributed by atoms with Gasteiger partial charge in [0.1, 0.15) is 0 Å². The Hall–Kier alpha value is -1.50. The molecule has 0 saturated carbocycles. The van der Waals surface area contributed by atoms with E-state index >= 15 is 0 Å². The van der Waals surface area contributed by atoms with Crippen molar-refractivity contribution in [3.05, 3.63) is 0 Å². The zero-order chi connectivity index (χ0) is 18.1. The SMILES string of the molecule is CCOC(=O)N1CCN(C(=NC)NCCCN2CCCC(C)C2)CC1. The van der Waals surface area contributed by atoms with Gasteiger partial charge >= 0.3 is 6.09 Å². The van der Waals surface area contributed by atoms with E-state index in [0.29, 0.717) is 19.7 Å². The highest BCUT2D eigenvalue weighted by Gasteiger charge is 2.23. The van der Waals surface area contributed by atoms with Gasteiger partial charge in [0, 0.05) is 46.3 Å². The number of nitrogens with one attached hydrogen (secondary N) is 1. The maximum atomic E-state index is 11.8. The van der Waals surface area contributed by atoms with Gasteiger partial charge in [-0.15, -0.1) is 0 Å². The van der Waals surface area contributed by atoms with E-state index < -0.39 is 0 Å². The van der Waals surface area contributed by atoms with Crippen LogP contribution in [0.1, 0.15) is 33.1 Å². The molecule has 0 aromatic heterocycles. The number of rotatable bonds is 5. The molecule has 0 aromatic carbocycles. The molecule has 144 valence electrons. The zero-order valence-corrected chi connectivity index (χ0v) is 16.2. The second-order valence-electron chi connectivity index (χ2n) is 7.05. The van der Waals surface area contributed by atoms with Gasteiger partial charge in [0.15, 0.2) is 5.96 Å². The number of guanidine groups is 1. The van der Waals surface area contributed by atoms with Crippen molar-refractivity contribution < 1.29 is 9.53 Å². The van der Waals surface area contributed by atoms with Crippen LogP contribution in [-0.4, -0.2) is 92.8 Å². The van der Waals surface area contributed by atoms with Gasteiger partial charge in [0.2, 0.25) is 0 Å². The third-order valence-electron chi connectivity index (χ3n) is 4.99. The number of ether oxygens (including phenoxy) is 1. The molecule has 0 bridgehead atoms. The summed E-state index contributed by atoms with van der Waals surface area (Å²) in [5.41, 5.74) is 0. The number of amides is 1. The molecule has 2 heterocycles. The van der Waals surface area contributed by atoms with Crippen molar-refractivity contribution in [2.75, 3.05) is 66.0 Å². The van der Waals surface area contributed by atoms with Crippen LogP contribution in [0.2, 0.25) is 0 Å². The molecular formula is C18H35N5O2. The average molecular weight is 354 g/mol. The molecule has 2 fully saturated rings. The summed E-state index contributed by atoms with van der Waals surface area (Å²) >= 11 is 0. The molecule has 0 spiro atoms. The van der Waals surface area contributed by atoms with Crippen molar-refractivity contribution in [2.45, 2.75) is 33.1 Å². The van der Waals surface area contributed by atoms with E-state index in [9.17, 15) is 4.79 Å². The van der Waals surface area contributed by atoms with Crippen molar-refractivity contribution >= 4 is 12.1 Å². The molecular weight excluding hydrogens is 318 g/mol. The Morgan fingerprint density at radius 1 is 1.20 bits per heavy atom. The Morgan fingerprint density at radius 3 is 2.56 bits per heavy atom. The summed E-state index contributed by atoms with van der Waals surface area (Å²) in [5, 5.41) is 3.47. The van der Waals surface area contributed by atoms with Gasteiger partial charge < -0.3 is 24.8 Å². The minimum atomic E-state index is -0.208. The van der Waals surface area contributed by atoms with E-state index in [2.05, 4.69) is 27.0 Å². The number of nitrogens with zero attached hydrogens (tertiary/aromatic N) is 4. The van der Waals surface area contributed by atoms with Crippen molar-refractivity contribution in [2.24, 2.45) is 10.9 Å². The summed E-state index contributed by atoms with van der Waals surface area (Å²) in [5.74, 6) is 1.78. The highest BCUT2D eigenvalue weighted by Crippen LogP contribution is 2.15. The fourth-order valence-corrected chi connectivity index (χ4v) is 3.64. The highest BCUT2D eigenvalue weighted by molar-refractivity contribution is 5.80. The fourth-order valence-electron chi connectivity index (χ4n) is 3.64. The molecule has 1 N–H and O–H groups in total. The maximum Gasteiger partial charge on any atom is 0.409 e. The lowest BCUT2D eigenvalue weighted by atomic mass is 10.0. The second-order valence-corrected chi connectivity index (χ2v) is 7.05. The number of likely N-dealkylation sites (tertiary alicyclic amines) is 1. The molecule has 1 unspecified atom stereocenters. The molecule has 0 radical (unpaired) electrons. The number of hydrogen-bond donors (Lipinski definition) is 1. The van der Waals surface area contributed by atoms with E-state index in [0.717, 1.165) is 44.5 Å². The van der Waals surface area contributed by atoms with Gasteiger partial charge in [0.25, 0.3) is 0 Å². The number of hydrogen-bond acceptors (Lipinski definition) is 4. The van der Waals surface area contributed by atoms with E-state index in [1.807, 2.05) is 14.0 Å².